The van der Waals surface area contributed by atoms with Gasteiger partial charge >= 0.3 is 0 Å². The van der Waals surface area contributed by atoms with E-state index in [2.05, 4.69) is 37.4 Å². The molecule has 25 heavy (non-hydrogen) atoms. The summed E-state index contributed by atoms with van der Waals surface area (Å²) in [6.07, 6.45) is 10.2. The highest BCUT2D eigenvalue weighted by molar-refractivity contribution is 5.28. The maximum Gasteiger partial charge on any atom is 0.219 e. The molecule has 0 aliphatic carbocycles. The molecule has 1 unspecified atom stereocenters. The molecular formula is C21H31FN2O. The van der Waals surface area contributed by atoms with Crippen molar-refractivity contribution in [2.45, 2.75) is 40.0 Å². The quantitative estimate of drug-likeness (QED) is 0.303. The second-order valence-corrected chi connectivity index (χ2v) is 6.50. The van der Waals surface area contributed by atoms with Gasteiger partial charge in [0.1, 0.15) is 0 Å². The van der Waals surface area contributed by atoms with Crippen LogP contribution in [0.5, 0.6) is 5.88 Å². The second kappa shape index (κ2) is 11.6. The summed E-state index contributed by atoms with van der Waals surface area (Å²) in [6.45, 7) is 11.7. The van der Waals surface area contributed by atoms with E-state index in [0.29, 0.717) is 5.88 Å². The van der Waals surface area contributed by atoms with E-state index in [1.54, 1.807) is 18.3 Å². The zero-order valence-corrected chi connectivity index (χ0v) is 16.0. The van der Waals surface area contributed by atoms with Crippen molar-refractivity contribution in [1.82, 2.24) is 9.88 Å². The lowest BCUT2D eigenvalue weighted by molar-refractivity contribution is 0.300. The van der Waals surface area contributed by atoms with Crippen molar-refractivity contribution in [2.24, 2.45) is 5.92 Å². The molecule has 1 aromatic heterocycles. The van der Waals surface area contributed by atoms with Crippen molar-refractivity contribution in [1.29, 1.82) is 0 Å². The summed E-state index contributed by atoms with van der Waals surface area (Å²) in [5.74, 6) is 0.286. The topological polar surface area (TPSA) is 25.4 Å². The normalized spacial score (nSPS) is 13.8. The van der Waals surface area contributed by atoms with Crippen LogP contribution in [0.25, 0.3) is 0 Å². The van der Waals surface area contributed by atoms with Crippen molar-refractivity contribution < 1.29 is 9.13 Å². The SMILES string of the molecule is C=C/C(F)=C(\C=C/C(C)CN(C)CCCCC)Oc1ccc(C)cn1. The minimum absolute atomic E-state index is 0.131. The smallest absolute Gasteiger partial charge is 0.219 e. The molecule has 4 heteroatoms. The molecule has 1 atom stereocenters. The lowest BCUT2D eigenvalue weighted by atomic mass is 10.1. The Balaban J connectivity index is 2.67. The van der Waals surface area contributed by atoms with Gasteiger partial charge in [-0.1, -0.05) is 45.4 Å². The number of aromatic nitrogens is 1. The van der Waals surface area contributed by atoms with Gasteiger partial charge in [0.05, 0.1) is 0 Å². The van der Waals surface area contributed by atoms with Crippen LogP contribution in [-0.4, -0.2) is 30.0 Å². The summed E-state index contributed by atoms with van der Waals surface area (Å²) in [7, 11) is 2.12. The van der Waals surface area contributed by atoms with E-state index in [0.717, 1.165) is 24.7 Å². The van der Waals surface area contributed by atoms with Crippen LogP contribution >= 0.6 is 0 Å². The van der Waals surface area contributed by atoms with E-state index in [1.165, 1.54) is 19.3 Å². The third-order valence-electron chi connectivity index (χ3n) is 3.83. The molecule has 3 nitrogen and oxygen atoms in total. The molecule has 0 amide bonds. The molecule has 0 radical (unpaired) electrons. The van der Waals surface area contributed by atoms with Crippen LogP contribution in [0.2, 0.25) is 0 Å². The van der Waals surface area contributed by atoms with E-state index in [-0.39, 0.29) is 11.7 Å². The molecule has 0 aliphatic rings. The number of rotatable bonds is 11. The fourth-order valence-electron chi connectivity index (χ4n) is 2.42. The molecule has 0 bridgehead atoms. The number of aryl methyl sites for hydroxylation is 1. The predicted octanol–water partition coefficient (Wildman–Crippen LogP) is 5.45. The van der Waals surface area contributed by atoms with Crippen LogP contribution in [0.15, 0.2) is 54.7 Å². The van der Waals surface area contributed by atoms with Crippen LogP contribution < -0.4 is 4.74 Å². The van der Waals surface area contributed by atoms with Crippen molar-refractivity contribution in [3.8, 4) is 5.88 Å². The minimum Gasteiger partial charge on any atom is -0.436 e. The van der Waals surface area contributed by atoms with Gasteiger partial charge < -0.3 is 9.64 Å². The van der Waals surface area contributed by atoms with Crippen LogP contribution in [0.3, 0.4) is 0 Å². The zero-order valence-electron chi connectivity index (χ0n) is 16.0. The van der Waals surface area contributed by atoms with E-state index in [9.17, 15) is 4.39 Å². The predicted molar refractivity (Wildman–Crippen MR) is 103 cm³/mol. The minimum atomic E-state index is -0.498. The monoisotopic (exact) mass is 346 g/mol. The first-order valence-electron chi connectivity index (χ1n) is 8.95. The summed E-state index contributed by atoms with van der Waals surface area (Å²) in [4.78, 5) is 6.46. The molecule has 138 valence electrons. The summed E-state index contributed by atoms with van der Waals surface area (Å²) in [5.41, 5.74) is 1.03. The van der Waals surface area contributed by atoms with Gasteiger partial charge in [-0.3, -0.25) is 0 Å². The first kappa shape index (κ1) is 21.1. The van der Waals surface area contributed by atoms with Gasteiger partial charge in [-0.05, 0) is 50.6 Å². The van der Waals surface area contributed by atoms with Crippen molar-refractivity contribution in [3.63, 3.8) is 0 Å². The van der Waals surface area contributed by atoms with Crippen LogP contribution in [0.4, 0.5) is 4.39 Å². The van der Waals surface area contributed by atoms with Gasteiger partial charge in [0.25, 0.3) is 0 Å². The molecular weight excluding hydrogens is 315 g/mol. The van der Waals surface area contributed by atoms with Gasteiger partial charge in [0.15, 0.2) is 11.6 Å². The lowest BCUT2D eigenvalue weighted by Gasteiger charge is -2.19. The molecule has 0 aromatic carbocycles. The fraction of sp³-hybridized carbons (Fsp3) is 0.476. The highest BCUT2D eigenvalue weighted by atomic mass is 19.1. The average Bonchev–Trinajstić information content (AvgIpc) is 2.59. The second-order valence-electron chi connectivity index (χ2n) is 6.50. The van der Waals surface area contributed by atoms with Gasteiger partial charge in [-0.2, -0.15) is 0 Å². The highest BCUT2D eigenvalue weighted by Crippen LogP contribution is 2.17. The number of nitrogens with zero attached hydrogens (tertiary/aromatic N) is 2. The Bertz CT molecular complexity index is 578. The molecule has 0 saturated heterocycles. The Morgan fingerprint density at radius 2 is 2.16 bits per heavy atom. The van der Waals surface area contributed by atoms with E-state index < -0.39 is 5.83 Å². The number of ether oxygens (including phenoxy) is 1. The molecule has 0 fully saturated rings. The van der Waals surface area contributed by atoms with Crippen molar-refractivity contribution >= 4 is 0 Å². The maximum atomic E-state index is 14.0. The first-order valence-corrected chi connectivity index (χ1v) is 8.95. The maximum absolute atomic E-state index is 14.0. The number of pyridine rings is 1. The molecule has 0 aliphatic heterocycles. The molecule has 0 spiro atoms. The Morgan fingerprint density at radius 1 is 1.40 bits per heavy atom. The molecule has 1 heterocycles. The largest absolute Gasteiger partial charge is 0.436 e. The van der Waals surface area contributed by atoms with Crippen molar-refractivity contribution in [3.05, 3.63) is 60.3 Å². The van der Waals surface area contributed by atoms with Crippen LogP contribution in [0.1, 0.15) is 38.7 Å². The lowest BCUT2D eigenvalue weighted by Crippen LogP contribution is -2.24. The van der Waals surface area contributed by atoms with Gasteiger partial charge in [0, 0.05) is 18.8 Å². The highest BCUT2D eigenvalue weighted by Gasteiger charge is 2.07. The van der Waals surface area contributed by atoms with Crippen LogP contribution in [0, 0.1) is 12.8 Å². The Labute approximate surface area is 151 Å². The van der Waals surface area contributed by atoms with Crippen LogP contribution in [-0.2, 0) is 0 Å². The summed E-state index contributed by atoms with van der Waals surface area (Å²) >= 11 is 0. The molecule has 1 rings (SSSR count). The zero-order chi connectivity index (χ0) is 18.7. The number of halogens is 1. The summed E-state index contributed by atoms with van der Waals surface area (Å²) in [5, 5.41) is 0. The van der Waals surface area contributed by atoms with E-state index in [4.69, 9.17) is 4.74 Å². The first-order chi connectivity index (χ1) is 12.0. The number of allylic oxidation sites excluding steroid dienone is 3. The summed E-state index contributed by atoms with van der Waals surface area (Å²) in [6, 6.07) is 3.61. The van der Waals surface area contributed by atoms with E-state index >= 15 is 0 Å². The Kier molecular flexibility index (Phi) is 9.78. The van der Waals surface area contributed by atoms with Gasteiger partial charge in [0.2, 0.25) is 5.88 Å². The fourth-order valence-corrected chi connectivity index (χ4v) is 2.42. The van der Waals surface area contributed by atoms with Gasteiger partial charge in [-0.25, -0.2) is 9.37 Å². The van der Waals surface area contributed by atoms with Crippen molar-refractivity contribution in [2.75, 3.05) is 20.1 Å². The number of hydrogen-bond donors (Lipinski definition) is 0. The number of unbranched alkanes of at least 4 members (excludes halogenated alkanes) is 2. The summed E-state index contributed by atoms with van der Waals surface area (Å²) < 4.78 is 19.6. The molecule has 1 aromatic rings. The standard InChI is InChI=1S/C21H31FN2O/c1-6-8-9-14-24(5)16-18(4)10-12-20(19(22)7-2)25-21-13-11-17(3)15-23-21/h7,10-13,15,18H,2,6,8-9,14,16H2,1,3-5H3/b12-10-,20-19-. The third kappa shape index (κ3) is 8.64. The van der Waals surface area contributed by atoms with Gasteiger partial charge in [-0.15, -0.1) is 0 Å². The third-order valence-corrected chi connectivity index (χ3v) is 3.83. The van der Waals surface area contributed by atoms with E-state index in [1.807, 2.05) is 19.1 Å². The number of hydrogen-bond acceptors (Lipinski definition) is 3. The molecule has 0 N–H and O–H groups in total. The molecule has 0 saturated carbocycles. The average molecular weight is 346 g/mol. The Morgan fingerprint density at radius 3 is 2.76 bits per heavy atom. The Hall–Kier alpha value is -1.94.